The predicted molar refractivity (Wildman–Crippen MR) is 58.7 cm³/mol. The number of hydrogen-bond donors (Lipinski definition) is 0. The molecule has 15 heavy (non-hydrogen) atoms. The van der Waals surface area contributed by atoms with Gasteiger partial charge in [0, 0.05) is 19.0 Å². The van der Waals surface area contributed by atoms with Crippen molar-refractivity contribution in [2.75, 3.05) is 11.4 Å². The molecule has 1 aliphatic rings. The average Bonchev–Trinajstić information content (AvgIpc) is 2.50. The van der Waals surface area contributed by atoms with Crippen LogP contribution in [0.5, 0.6) is 0 Å². The Hall–Kier alpha value is -0.580. The van der Waals surface area contributed by atoms with Gasteiger partial charge in [0.05, 0.1) is 11.1 Å². The lowest BCUT2D eigenvalue weighted by atomic mass is 10.4. The molecule has 1 aromatic rings. The molecular formula is C8H6Cl3N3O. The summed E-state index contributed by atoms with van der Waals surface area (Å²) in [6, 6.07) is 1.50. The molecule has 4 nitrogen and oxygen atoms in total. The number of aromatic nitrogens is 2. The lowest BCUT2D eigenvalue weighted by Gasteiger charge is -2.16. The first kappa shape index (κ1) is 10.9. The third-order valence-electron chi connectivity index (χ3n) is 2.07. The van der Waals surface area contributed by atoms with E-state index in [4.69, 9.17) is 34.8 Å². The Morgan fingerprint density at radius 1 is 1.40 bits per heavy atom. The van der Waals surface area contributed by atoms with E-state index in [9.17, 15) is 4.79 Å². The number of alkyl halides is 1. The second-order valence-corrected chi connectivity index (χ2v) is 4.51. The molecular weight excluding hydrogens is 260 g/mol. The van der Waals surface area contributed by atoms with E-state index in [1.807, 2.05) is 0 Å². The summed E-state index contributed by atoms with van der Waals surface area (Å²) in [6.07, 6.45) is 0.303. The molecule has 1 atom stereocenters. The average molecular weight is 267 g/mol. The smallest absolute Gasteiger partial charge is 0.228 e. The molecule has 1 fully saturated rings. The molecule has 0 saturated carbocycles. The Bertz CT molecular complexity index is 412. The molecule has 2 rings (SSSR count). The third-order valence-corrected chi connectivity index (χ3v) is 2.82. The molecule has 0 aliphatic carbocycles. The summed E-state index contributed by atoms with van der Waals surface area (Å²) in [6.45, 7) is 0.419. The van der Waals surface area contributed by atoms with Gasteiger partial charge in [0.1, 0.15) is 0 Å². The second-order valence-electron chi connectivity index (χ2n) is 3.15. The molecule has 0 spiro atoms. The van der Waals surface area contributed by atoms with Crippen molar-refractivity contribution in [2.45, 2.75) is 11.8 Å². The second kappa shape index (κ2) is 4.12. The van der Waals surface area contributed by atoms with Crippen molar-refractivity contribution in [3.63, 3.8) is 0 Å². The quantitative estimate of drug-likeness (QED) is 0.732. The van der Waals surface area contributed by atoms with Gasteiger partial charge in [0.2, 0.25) is 5.91 Å². The van der Waals surface area contributed by atoms with Crippen molar-refractivity contribution < 1.29 is 4.79 Å². The molecule has 0 N–H and O–H groups in total. The maximum absolute atomic E-state index is 11.5. The Labute approximate surface area is 101 Å². The molecule has 80 valence electrons. The Balaban J connectivity index is 2.37. The van der Waals surface area contributed by atoms with Crippen LogP contribution in [0.15, 0.2) is 6.07 Å². The van der Waals surface area contributed by atoms with Gasteiger partial charge in [-0.15, -0.1) is 21.8 Å². The lowest BCUT2D eigenvalue weighted by Crippen LogP contribution is -2.25. The minimum atomic E-state index is -0.194. The van der Waals surface area contributed by atoms with Gasteiger partial charge in [-0.3, -0.25) is 4.79 Å². The first-order valence-electron chi connectivity index (χ1n) is 4.21. The summed E-state index contributed by atoms with van der Waals surface area (Å²) >= 11 is 17.4. The summed E-state index contributed by atoms with van der Waals surface area (Å²) in [5.41, 5.74) is 0.463. The van der Waals surface area contributed by atoms with Crippen LogP contribution < -0.4 is 4.90 Å². The number of anilines is 1. The van der Waals surface area contributed by atoms with Gasteiger partial charge in [0.25, 0.3) is 0 Å². The van der Waals surface area contributed by atoms with E-state index in [0.717, 1.165) is 0 Å². The van der Waals surface area contributed by atoms with Crippen molar-refractivity contribution >= 4 is 46.4 Å². The van der Waals surface area contributed by atoms with Crippen molar-refractivity contribution in [3.8, 4) is 0 Å². The van der Waals surface area contributed by atoms with Crippen LogP contribution in [0.2, 0.25) is 10.3 Å². The zero-order valence-corrected chi connectivity index (χ0v) is 9.72. The fourth-order valence-corrected chi connectivity index (χ4v) is 2.04. The zero-order chi connectivity index (χ0) is 11.0. The topological polar surface area (TPSA) is 46.1 Å². The fourth-order valence-electron chi connectivity index (χ4n) is 1.43. The van der Waals surface area contributed by atoms with Gasteiger partial charge in [-0.05, 0) is 0 Å². The van der Waals surface area contributed by atoms with Crippen LogP contribution in [0, 0.1) is 0 Å². The monoisotopic (exact) mass is 265 g/mol. The molecule has 0 aromatic carbocycles. The number of halogens is 3. The molecule has 1 aromatic heterocycles. The van der Waals surface area contributed by atoms with Crippen LogP contribution in [-0.2, 0) is 4.79 Å². The number of hydrogen-bond acceptors (Lipinski definition) is 3. The number of nitrogens with zero attached hydrogens (tertiary/aromatic N) is 3. The molecule has 0 radical (unpaired) electrons. The van der Waals surface area contributed by atoms with Gasteiger partial charge >= 0.3 is 0 Å². The minimum absolute atomic E-state index is 0.0824. The highest BCUT2D eigenvalue weighted by atomic mass is 35.5. The zero-order valence-electron chi connectivity index (χ0n) is 7.45. The molecule has 2 heterocycles. The van der Waals surface area contributed by atoms with Crippen LogP contribution in [0.4, 0.5) is 5.69 Å². The first-order valence-corrected chi connectivity index (χ1v) is 5.40. The largest absolute Gasteiger partial charge is 0.308 e. The third kappa shape index (κ3) is 2.17. The summed E-state index contributed by atoms with van der Waals surface area (Å²) in [7, 11) is 0. The Kier molecular flexibility index (Phi) is 3.00. The van der Waals surface area contributed by atoms with E-state index in [0.29, 0.717) is 18.7 Å². The highest BCUT2D eigenvalue weighted by Gasteiger charge is 2.31. The highest BCUT2D eigenvalue weighted by molar-refractivity contribution is 6.34. The van der Waals surface area contributed by atoms with Crippen molar-refractivity contribution in [2.24, 2.45) is 0 Å². The number of amides is 1. The van der Waals surface area contributed by atoms with E-state index in [2.05, 4.69) is 10.2 Å². The van der Waals surface area contributed by atoms with E-state index in [1.54, 1.807) is 0 Å². The summed E-state index contributed by atoms with van der Waals surface area (Å²) in [5.74, 6) is -0.0824. The molecule has 1 aliphatic heterocycles. The van der Waals surface area contributed by atoms with Crippen LogP contribution in [-0.4, -0.2) is 28.0 Å². The van der Waals surface area contributed by atoms with Crippen LogP contribution in [0.1, 0.15) is 6.42 Å². The van der Waals surface area contributed by atoms with Crippen LogP contribution in [0.25, 0.3) is 0 Å². The maximum atomic E-state index is 11.5. The van der Waals surface area contributed by atoms with E-state index in [-0.39, 0.29) is 21.6 Å². The summed E-state index contributed by atoms with van der Waals surface area (Å²) < 4.78 is 0. The normalized spacial score (nSPS) is 21.1. The van der Waals surface area contributed by atoms with Crippen LogP contribution >= 0.6 is 34.8 Å². The highest BCUT2D eigenvalue weighted by Crippen LogP contribution is 2.30. The van der Waals surface area contributed by atoms with E-state index in [1.165, 1.54) is 11.0 Å². The Morgan fingerprint density at radius 3 is 2.73 bits per heavy atom. The summed E-state index contributed by atoms with van der Waals surface area (Å²) in [5, 5.41) is 7.35. The van der Waals surface area contributed by atoms with Gasteiger partial charge < -0.3 is 4.90 Å². The van der Waals surface area contributed by atoms with Crippen molar-refractivity contribution in [1.29, 1.82) is 0 Å². The van der Waals surface area contributed by atoms with Crippen LogP contribution in [0.3, 0.4) is 0 Å². The van der Waals surface area contributed by atoms with E-state index >= 15 is 0 Å². The fraction of sp³-hybridized carbons (Fsp3) is 0.375. The minimum Gasteiger partial charge on any atom is -0.308 e. The molecule has 1 saturated heterocycles. The van der Waals surface area contributed by atoms with Crippen molar-refractivity contribution in [1.82, 2.24) is 10.2 Å². The Morgan fingerprint density at radius 2 is 2.13 bits per heavy atom. The summed E-state index contributed by atoms with van der Waals surface area (Å²) in [4.78, 5) is 13.0. The molecule has 1 amide bonds. The van der Waals surface area contributed by atoms with Gasteiger partial charge in [0.15, 0.2) is 10.3 Å². The molecule has 1 unspecified atom stereocenters. The number of rotatable bonds is 1. The number of carbonyl (C=O) groups is 1. The van der Waals surface area contributed by atoms with E-state index < -0.39 is 0 Å². The number of carbonyl (C=O) groups excluding carboxylic acids is 1. The maximum Gasteiger partial charge on any atom is 0.228 e. The SMILES string of the molecule is O=C1CC(Cl)CN1c1cc(Cl)nnc1Cl. The standard InChI is InChI=1S/C8H6Cl3N3O/c9-4-1-7(15)14(3-4)5-2-6(10)12-13-8(5)11/h2,4H,1,3H2. The van der Waals surface area contributed by atoms with Crippen molar-refractivity contribution in [3.05, 3.63) is 16.4 Å². The van der Waals surface area contributed by atoms with Gasteiger partial charge in [-0.1, -0.05) is 23.2 Å². The van der Waals surface area contributed by atoms with Gasteiger partial charge in [-0.2, -0.15) is 0 Å². The molecule has 0 bridgehead atoms. The predicted octanol–water partition coefficient (Wildman–Crippen LogP) is 2.13. The first-order chi connectivity index (χ1) is 7.08. The molecule has 7 heteroatoms. The van der Waals surface area contributed by atoms with Gasteiger partial charge in [-0.25, -0.2) is 0 Å². The lowest BCUT2D eigenvalue weighted by molar-refractivity contribution is -0.117.